The van der Waals surface area contributed by atoms with Gasteiger partial charge in [-0.3, -0.25) is 11.3 Å². The van der Waals surface area contributed by atoms with Crippen LogP contribution >= 0.6 is 27.5 Å². The van der Waals surface area contributed by atoms with E-state index < -0.39 is 0 Å². The fourth-order valence-corrected chi connectivity index (χ4v) is 3.05. The monoisotopic (exact) mass is 332 g/mol. The molecule has 0 heterocycles. The van der Waals surface area contributed by atoms with Crippen LogP contribution in [0.25, 0.3) is 0 Å². The molecule has 1 fully saturated rings. The van der Waals surface area contributed by atoms with Gasteiger partial charge >= 0.3 is 0 Å². The Bertz CT molecular complexity index is 412. The van der Waals surface area contributed by atoms with Crippen molar-refractivity contribution in [3.8, 4) is 0 Å². The van der Waals surface area contributed by atoms with Crippen molar-refractivity contribution in [3.63, 3.8) is 0 Å². The Hall–Kier alpha value is -0.130. The van der Waals surface area contributed by atoms with Crippen molar-refractivity contribution in [2.75, 3.05) is 7.11 Å². The first-order valence-electron chi connectivity index (χ1n) is 6.08. The highest BCUT2D eigenvalue weighted by Crippen LogP contribution is 2.36. The number of benzene rings is 1. The van der Waals surface area contributed by atoms with Crippen LogP contribution < -0.4 is 11.3 Å². The smallest absolute Gasteiger partial charge is 0.0769 e. The third-order valence-electron chi connectivity index (χ3n) is 3.42. The van der Waals surface area contributed by atoms with Crippen molar-refractivity contribution in [1.29, 1.82) is 0 Å². The molecule has 2 atom stereocenters. The molecule has 2 unspecified atom stereocenters. The van der Waals surface area contributed by atoms with Crippen LogP contribution in [0.5, 0.6) is 0 Å². The molecule has 100 valence electrons. The van der Waals surface area contributed by atoms with E-state index >= 15 is 0 Å². The molecule has 0 spiro atoms. The second-order valence-electron chi connectivity index (χ2n) is 4.75. The van der Waals surface area contributed by atoms with Gasteiger partial charge in [-0.2, -0.15) is 0 Å². The number of hydrazine groups is 1. The average Bonchev–Trinajstić information content (AvgIpc) is 3.16. The quantitative estimate of drug-likeness (QED) is 0.621. The number of nitrogens with two attached hydrogens (primary N) is 1. The van der Waals surface area contributed by atoms with Crippen molar-refractivity contribution in [2.45, 2.75) is 31.4 Å². The molecule has 2 rings (SSSR count). The van der Waals surface area contributed by atoms with Gasteiger partial charge in [0.1, 0.15) is 0 Å². The predicted octanol–water partition coefficient (Wildman–Crippen LogP) is 2.90. The van der Waals surface area contributed by atoms with E-state index in [4.69, 9.17) is 22.2 Å². The number of nitrogens with one attached hydrogen (secondary N) is 1. The van der Waals surface area contributed by atoms with Gasteiger partial charge in [-0.25, -0.2) is 0 Å². The fraction of sp³-hybridized carbons (Fsp3) is 0.538. The highest BCUT2D eigenvalue weighted by atomic mass is 79.9. The van der Waals surface area contributed by atoms with Crippen LogP contribution in [0.4, 0.5) is 0 Å². The zero-order valence-corrected chi connectivity index (χ0v) is 12.7. The normalized spacial score (nSPS) is 18.7. The van der Waals surface area contributed by atoms with Gasteiger partial charge < -0.3 is 4.74 Å². The van der Waals surface area contributed by atoms with E-state index in [2.05, 4.69) is 21.4 Å². The van der Waals surface area contributed by atoms with Crippen LogP contribution in [-0.4, -0.2) is 19.3 Å². The summed E-state index contributed by atoms with van der Waals surface area (Å²) in [7, 11) is 1.75. The summed E-state index contributed by atoms with van der Waals surface area (Å²) in [5.74, 6) is 6.29. The molecule has 5 heteroatoms. The predicted molar refractivity (Wildman–Crippen MR) is 77.5 cm³/mol. The lowest BCUT2D eigenvalue weighted by atomic mass is 9.99. The Morgan fingerprint density at radius 1 is 1.56 bits per heavy atom. The molecule has 1 aromatic rings. The minimum Gasteiger partial charge on any atom is -0.379 e. The van der Waals surface area contributed by atoms with Gasteiger partial charge in [0.05, 0.1) is 12.1 Å². The van der Waals surface area contributed by atoms with Gasteiger partial charge in [-0.15, -0.1) is 0 Å². The van der Waals surface area contributed by atoms with Crippen molar-refractivity contribution in [3.05, 3.63) is 33.3 Å². The number of methoxy groups -OCH3 is 1. The van der Waals surface area contributed by atoms with Crippen LogP contribution in [0.3, 0.4) is 0 Å². The van der Waals surface area contributed by atoms with E-state index in [-0.39, 0.29) is 12.1 Å². The fourth-order valence-electron chi connectivity index (χ4n) is 2.30. The first-order chi connectivity index (χ1) is 8.65. The minimum absolute atomic E-state index is 0.0983. The van der Waals surface area contributed by atoms with Crippen molar-refractivity contribution in [1.82, 2.24) is 5.43 Å². The second kappa shape index (κ2) is 6.35. The summed E-state index contributed by atoms with van der Waals surface area (Å²) in [6, 6.07) is 6.02. The highest BCUT2D eigenvalue weighted by Gasteiger charge is 2.36. The lowest BCUT2D eigenvalue weighted by Crippen LogP contribution is -2.47. The van der Waals surface area contributed by atoms with Crippen LogP contribution in [0.15, 0.2) is 22.7 Å². The molecule has 3 N–H and O–H groups in total. The molecule has 0 radical (unpaired) electrons. The lowest BCUT2D eigenvalue weighted by molar-refractivity contribution is 0.0511. The molecule has 18 heavy (non-hydrogen) atoms. The molecule has 0 amide bonds. The third-order valence-corrected chi connectivity index (χ3v) is 4.27. The number of ether oxygens (including phenoxy) is 1. The standard InChI is InChI=1S/C13H18BrClN2O/c1-18-13(8-2-3-8)12(17-16)6-9-4-5-10(14)7-11(9)15/h4-5,7-8,12-13,17H,2-3,6,16H2,1H3. The number of halogens is 2. The van der Waals surface area contributed by atoms with Crippen LogP contribution in [-0.2, 0) is 11.2 Å². The molecule has 1 aliphatic rings. The molecule has 0 saturated heterocycles. The molecular formula is C13H18BrClN2O. The SMILES string of the molecule is COC(C1CC1)C(Cc1ccc(Br)cc1Cl)NN. The minimum atomic E-state index is 0.0983. The van der Waals surface area contributed by atoms with E-state index in [1.807, 2.05) is 18.2 Å². The summed E-state index contributed by atoms with van der Waals surface area (Å²) in [4.78, 5) is 0. The van der Waals surface area contributed by atoms with E-state index in [0.717, 1.165) is 21.5 Å². The van der Waals surface area contributed by atoms with E-state index in [1.165, 1.54) is 12.8 Å². The summed E-state index contributed by atoms with van der Waals surface area (Å²) in [5, 5.41) is 0.760. The zero-order chi connectivity index (χ0) is 13.1. The highest BCUT2D eigenvalue weighted by molar-refractivity contribution is 9.10. The third kappa shape index (κ3) is 3.45. The summed E-state index contributed by atoms with van der Waals surface area (Å²) in [6.45, 7) is 0. The topological polar surface area (TPSA) is 47.3 Å². The lowest BCUT2D eigenvalue weighted by Gasteiger charge is -2.25. The summed E-state index contributed by atoms with van der Waals surface area (Å²) in [5.41, 5.74) is 3.96. The number of rotatable bonds is 6. The van der Waals surface area contributed by atoms with Crippen LogP contribution in [0.2, 0.25) is 5.02 Å². The van der Waals surface area contributed by atoms with Crippen LogP contribution in [0, 0.1) is 5.92 Å². The zero-order valence-electron chi connectivity index (χ0n) is 10.3. The maximum Gasteiger partial charge on any atom is 0.0769 e. The molecule has 0 bridgehead atoms. The van der Waals surface area contributed by atoms with Crippen molar-refractivity contribution in [2.24, 2.45) is 11.8 Å². The Morgan fingerprint density at radius 3 is 2.78 bits per heavy atom. The van der Waals surface area contributed by atoms with Crippen molar-refractivity contribution >= 4 is 27.5 Å². The molecular weight excluding hydrogens is 316 g/mol. The van der Waals surface area contributed by atoms with Gasteiger partial charge in [-0.1, -0.05) is 33.6 Å². The average molecular weight is 334 g/mol. The Labute approximate surface area is 121 Å². The molecule has 1 saturated carbocycles. The van der Waals surface area contributed by atoms with Gasteiger partial charge in [-0.05, 0) is 42.9 Å². The second-order valence-corrected chi connectivity index (χ2v) is 6.07. The molecule has 1 aromatic carbocycles. The summed E-state index contributed by atoms with van der Waals surface area (Å²) < 4.78 is 6.55. The van der Waals surface area contributed by atoms with E-state index in [1.54, 1.807) is 7.11 Å². The van der Waals surface area contributed by atoms with Gasteiger partial charge in [0.25, 0.3) is 0 Å². The molecule has 0 aromatic heterocycles. The number of hydrogen-bond donors (Lipinski definition) is 2. The Morgan fingerprint density at radius 2 is 2.28 bits per heavy atom. The van der Waals surface area contributed by atoms with E-state index in [0.29, 0.717) is 5.92 Å². The molecule has 3 nitrogen and oxygen atoms in total. The van der Waals surface area contributed by atoms with Gasteiger partial charge in [0, 0.05) is 16.6 Å². The van der Waals surface area contributed by atoms with Gasteiger partial charge in [0.2, 0.25) is 0 Å². The maximum atomic E-state index is 6.23. The first-order valence-corrected chi connectivity index (χ1v) is 7.25. The van der Waals surface area contributed by atoms with E-state index in [9.17, 15) is 0 Å². The summed E-state index contributed by atoms with van der Waals surface area (Å²) in [6.07, 6.45) is 3.39. The van der Waals surface area contributed by atoms with Crippen LogP contribution in [0.1, 0.15) is 18.4 Å². The van der Waals surface area contributed by atoms with Gasteiger partial charge in [0.15, 0.2) is 0 Å². The largest absolute Gasteiger partial charge is 0.379 e. The maximum absolute atomic E-state index is 6.23. The Balaban J connectivity index is 2.09. The van der Waals surface area contributed by atoms with Crippen molar-refractivity contribution < 1.29 is 4.74 Å². The molecule has 1 aliphatic carbocycles. The number of hydrogen-bond acceptors (Lipinski definition) is 3. The first kappa shape index (κ1) is 14.3. The Kier molecular flexibility index (Phi) is 5.04. The molecule has 0 aliphatic heterocycles. The summed E-state index contributed by atoms with van der Waals surface area (Å²) >= 11 is 9.64.